The molecule has 0 radical (unpaired) electrons. The van der Waals surface area contributed by atoms with E-state index in [4.69, 9.17) is 0 Å². The summed E-state index contributed by atoms with van der Waals surface area (Å²) in [7, 11) is 0. The Morgan fingerprint density at radius 3 is 2.27 bits per heavy atom. The summed E-state index contributed by atoms with van der Waals surface area (Å²) < 4.78 is 0. The van der Waals surface area contributed by atoms with Crippen LogP contribution in [0.15, 0.2) is 12.4 Å². The van der Waals surface area contributed by atoms with Gasteiger partial charge in [0.05, 0.1) is 0 Å². The highest BCUT2D eigenvalue weighted by Gasteiger charge is 2.19. The fourth-order valence-electron chi connectivity index (χ4n) is 1.03. The third-order valence-electron chi connectivity index (χ3n) is 2.83. The molecular weight excluding hydrogens is 186 g/mol. The van der Waals surface area contributed by atoms with E-state index >= 15 is 0 Å². The number of nitrogens with zero attached hydrogens (tertiary/aromatic N) is 2. The average Bonchev–Trinajstić information content (AvgIpc) is 2.15. The number of rotatable bonds is 3. The van der Waals surface area contributed by atoms with Crippen molar-refractivity contribution in [3.63, 3.8) is 0 Å². The second-order valence-electron chi connectivity index (χ2n) is 5.23. The van der Waals surface area contributed by atoms with Crippen molar-refractivity contribution in [2.75, 3.05) is 11.9 Å². The van der Waals surface area contributed by atoms with Crippen LogP contribution in [-0.2, 0) is 0 Å². The Bertz CT molecular complexity index is 298. The molecule has 3 nitrogen and oxygen atoms in total. The Morgan fingerprint density at radius 2 is 1.80 bits per heavy atom. The maximum absolute atomic E-state index is 4.21. The van der Waals surface area contributed by atoms with Gasteiger partial charge in [0, 0.05) is 18.9 Å². The highest BCUT2D eigenvalue weighted by atomic mass is 15.1. The lowest BCUT2D eigenvalue weighted by molar-refractivity contribution is 0.274. The van der Waals surface area contributed by atoms with Gasteiger partial charge in [-0.15, -0.1) is 0 Å². The minimum atomic E-state index is 0.317. The van der Waals surface area contributed by atoms with Gasteiger partial charge >= 0.3 is 0 Å². The van der Waals surface area contributed by atoms with E-state index in [9.17, 15) is 0 Å². The number of hydrogen-bond donors (Lipinski definition) is 1. The van der Waals surface area contributed by atoms with Crippen molar-refractivity contribution in [1.29, 1.82) is 0 Å². The summed E-state index contributed by atoms with van der Waals surface area (Å²) in [5.74, 6) is 1.30. The number of nitrogens with one attached hydrogen (secondary N) is 1. The topological polar surface area (TPSA) is 37.8 Å². The Balaban J connectivity index is 2.47. The number of anilines is 1. The lowest BCUT2D eigenvalue weighted by Crippen LogP contribution is -2.25. The van der Waals surface area contributed by atoms with E-state index in [2.05, 4.69) is 43.0 Å². The van der Waals surface area contributed by atoms with E-state index in [-0.39, 0.29) is 0 Å². The van der Waals surface area contributed by atoms with E-state index in [1.165, 1.54) is 0 Å². The fourth-order valence-corrected chi connectivity index (χ4v) is 1.03. The highest BCUT2D eigenvalue weighted by molar-refractivity contribution is 5.24. The summed E-state index contributed by atoms with van der Waals surface area (Å²) >= 11 is 0. The zero-order valence-corrected chi connectivity index (χ0v) is 10.3. The van der Waals surface area contributed by atoms with E-state index in [1.807, 2.05) is 19.3 Å². The first-order chi connectivity index (χ1) is 6.89. The summed E-state index contributed by atoms with van der Waals surface area (Å²) in [4.78, 5) is 8.42. The van der Waals surface area contributed by atoms with Gasteiger partial charge in [0.2, 0.25) is 5.95 Å². The van der Waals surface area contributed by atoms with Gasteiger partial charge in [0.25, 0.3) is 0 Å². The van der Waals surface area contributed by atoms with E-state index < -0.39 is 0 Å². The largest absolute Gasteiger partial charge is 0.354 e. The Kier molecular flexibility index (Phi) is 3.66. The SMILES string of the molecule is Cc1cnc(NCC(C)C(C)(C)C)nc1. The van der Waals surface area contributed by atoms with E-state index in [1.54, 1.807) is 0 Å². The van der Waals surface area contributed by atoms with Crippen molar-refractivity contribution in [3.8, 4) is 0 Å². The minimum absolute atomic E-state index is 0.317. The quantitative estimate of drug-likeness (QED) is 0.828. The molecule has 3 heteroatoms. The second-order valence-corrected chi connectivity index (χ2v) is 5.23. The second kappa shape index (κ2) is 4.60. The van der Waals surface area contributed by atoms with Crippen molar-refractivity contribution in [2.45, 2.75) is 34.6 Å². The average molecular weight is 207 g/mol. The fraction of sp³-hybridized carbons (Fsp3) is 0.667. The van der Waals surface area contributed by atoms with Crippen molar-refractivity contribution >= 4 is 5.95 Å². The molecule has 1 atom stereocenters. The summed E-state index contributed by atoms with van der Waals surface area (Å²) in [5, 5.41) is 3.26. The van der Waals surface area contributed by atoms with Crippen molar-refractivity contribution < 1.29 is 0 Å². The van der Waals surface area contributed by atoms with Crippen molar-refractivity contribution in [3.05, 3.63) is 18.0 Å². The van der Waals surface area contributed by atoms with Gasteiger partial charge in [-0.25, -0.2) is 9.97 Å². The van der Waals surface area contributed by atoms with Crippen LogP contribution in [-0.4, -0.2) is 16.5 Å². The lowest BCUT2D eigenvalue weighted by Gasteiger charge is -2.27. The molecule has 1 aromatic heterocycles. The van der Waals surface area contributed by atoms with Gasteiger partial charge < -0.3 is 5.32 Å². The molecule has 15 heavy (non-hydrogen) atoms. The van der Waals surface area contributed by atoms with Crippen LogP contribution in [0.25, 0.3) is 0 Å². The maximum Gasteiger partial charge on any atom is 0.222 e. The Hall–Kier alpha value is -1.12. The van der Waals surface area contributed by atoms with E-state index in [0.717, 1.165) is 18.1 Å². The van der Waals surface area contributed by atoms with Gasteiger partial charge in [-0.1, -0.05) is 27.7 Å². The van der Waals surface area contributed by atoms with Gasteiger partial charge in [-0.2, -0.15) is 0 Å². The molecule has 0 aliphatic rings. The third-order valence-corrected chi connectivity index (χ3v) is 2.83. The number of aryl methyl sites for hydroxylation is 1. The molecule has 1 heterocycles. The zero-order valence-electron chi connectivity index (χ0n) is 10.3. The molecule has 1 N–H and O–H groups in total. The predicted molar refractivity (Wildman–Crippen MR) is 63.9 cm³/mol. The first-order valence-corrected chi connectivity index (χ1v) is 5.42. The van der Waals surface area contributed by atoms with Crippen LogP contribution in [0.3, 0.4) is 0 Å². The molecule has 0 aliphatic heterocycles. The molecule has 0 fully saturated rings. The number of aromatic nitrogens is 2. The number of hydrogen-bond acceptors (Lipinski definition) is 3. The maximum atomic E-state index is 4.21. The Labute approximate surface area is 92.3 Å². The molecule has 0 saturated carbocycles. The molecule has 1 rings (SSSR count). The zero-order chi connectivity index (χ0) is 11.5. The molecule has 0 spiro atoms. The van der Waals surface area contributed by atoms with Gasteiger partial charge in [0.15, 0.2) is 0 Å². The molecule has 0 amide bonds. The molecule has 1 aromatic rings. The van der Waals surface area contributed by atoms with Crippen molar-refractivity contribution in [2.24, 2.45) is 11.3 Å². The summed E-state index contributed by atoms with van der Waals surface area (Å²) in [6.07, 6.45) is 3.66. The van der Waals surface area contributed by atoms with Crippen LogP contribution in [0.1, 0.15) is 33.3 Å². The molecular formula is C12H21N3. The van der Waals surface area contributed by atoms with Crippen molar-refractivity contribution in [1.82, 2.24) is 9.97 Å². The van der Waals surface area contributed by atoms with Gasteiger partial charge in [-0.05, 0) is 23.8 Å². The summed E-state index contributed by atoms with van der Waals surface area (Å²) in [6.45, 7) is 11.9. The van der Waals surface area contributed by atoms with Crippen LogP contribution in [0.2, 0.25) is 0 Å². The summed E-state index contributed by atoms with van der Waals surface area (Å²) in [5.41, 5.74) is 1.40. The molecule has 0 bridgehead atoms. The minimum Gasteiger partial charge on any atom is -0.354 e. The van der Waals surface area contributed by atoms with Crippen LogP contribution >= 0.6 is 0 Å². The molecule has 1 unspecified atom stereocenters. The first kappa shape index (κ1) is 12.0. The monoisotopic (exact) mass is 207 g/mol. The third kappa shape index (κ3) is 3.86. The molecule has 84 valence electrons. The molecule has 0 aliphatic carbocycles. The van der Waals surface area contributed by atoms with Crippen LogP contribution in [0, 0.1) is 18.3 Å². The molecule has 0 aromatic carbocycles. The smallest absolute Gasteiger partial charge is 0.222 e. The normalized spacial score (nSPS) is 13.7. The van der Waals surface area contributed by atoms with Gasteiger partial charge in [-0.3, -0.25) is 0 Å². The highest BCUT2D eigenvalue weighted by Crippen LogP contribution is 2.24. The molecule has 0 saturated heterocycles. The summed E-state index contributed by atoms with van der Waals surface area (Å²) in [6, 6.07) is 0. The Morgan fingerprint density at radius 1 is 1.27 bits per heavy atom. The lowest BCUT2D eigenvalue weighted by atomic mass is 9.82. The predicted octanol–water partition coefficient (Wildman–Crippen LogP) is 2.88. The van der Waals surface area contributed by atoms with Crippen LogP contribution < -0.4 is 5.32 Å². The van der Waals surface area contributed by atoms with Crippen LogP contribution in [0.5, 0.6) is 0 Å². The van der Waals surface area contributed by atoms with Crippen LogP contribution in [0.4, 0.5) is 5.95 Å². The van der Waals surface area contributed by atoms with Gasteiger partial charge in [0.1, 0.15) is 0 Å². The first-order valence-electron chi connectivity index (χ1n) is 5.42. The van der Waals surface area contributed by atoms with E-state index in [0.29, 0.717) is 11.3 Å². The standard InChI is InChI=1S/C12H21N3/c1-9-6-13-11(14-7-9)15-8-10(2)12(3,4)5/h6-7,10H,8H2,1-5H3,(H,13,14,15).